The van der Waals surface area contributed by atoms with E-state index >= 15 is 0 Å². The fourth-order valence-corrected chi connectivity index (χ4v) is 5.66. The molecule has 2 amide bonds. The number of benzene rings is 3. The number of rotatable bonds is 11. The molecule has 0 fully saturated rings. The summed E-state index contributed by atoms with van der Waals surface area (Å²) in [6, 6.07) is 15.8. The number of nitrogens with one attached hydrogen (secondary N) is 1. The molecule has 214 valence electrons. The molecule has 0 saturated carbocycles. The topological polar surface area (TPSA) is 86.8 Å². The van der Waals surface area contributed by atoms with E-state index in [-0.39, 0.29) is 29.0 Å². The summed E-state index contributed by atoms with van der Waals surface area (Å²) in [5.74, 6) is -1.22. The van der Waals surface area contributed by atoms with E-state index < -0.39 is 34.3 Å². The number of halogens is 2. The first-order valence-electron chi connectivity index (χ1n) is 13.0. The predicted octanol–water partition coefficient (Wildman–Crippen LogP) is 5.48. The first-order chi connectivity index (χ1) is 18.8. The molecule has 10 heteroatoms. The molecule has 0 aliphatic rings. The van der Waals surface area contributed by atoms with E-state index in [0.29, 0.717) is 22.7 Å². The summed E-state index contributed by atoms with van der Waals surface area (Å²) >= 11 is 6.25. The maximum atomic E-state index is 13.9. The van der Waals surface area contributed by atoms with Crippen LogP contribution in [0.5, 0.6) is 0 Å². The third-order valence-corrected chi connectivity index (χ3v) is 8.45. The van der Waals surface area contributed by atoms with Gasteiger partial charge in [0.05, 0.1) is 10.6 Å². The van der Waals surface area contributed by atoms with Crippen LogP contribution in [0.25, 0.3) is 0 Å². The van der Waals surface area contributed by atoms with Crippen LogP contribution in [0.3, 0.4) is 0 Å². The van der Waals surface area contributed by atoms with E-state index in [4.69, 9.17) is 11.6 Å². The number of amides is 2. The Morgan fingerprint density at radius 3 is 2.17 bits per heavy atom. The van der Waals surface area contributed by atoms with Gasteiger partial charge in [0.25, 0.3) is 10.0 Å². The quantitative estimate of drug-likeness (QED) is 0.322. The van der Waals surface area contributed by atoms with Crippen molar-refractivity contribution in [2.24, 2.45) is 5.92 Å². The van der Waals surface area contributed by atoms with Gasteiger partial charge in [0.2, 0.25) is 11.8 Å². The summed E-state index contributed by atoms with van der Waals surface area (Å²) in [5.41, 5.74) is 2.32. The highest BCUT2D eigenvalue weighted by molar-refractivity contribution is 7.92. The lowest BCUT2D eigenvalue weighted by atomic mass is 10.1. The molecular formula is C30H35ClFN3O4S. The van der Waals surface area contributed by atoms with Crippen molar-refractivity contribution in [2.45, 2.75) is 52.1 Å². The molecule has 0 aromatic heterocycles. The summed E-state index contributed by atoms with van der Waals surface area (Å²) < 4.78 is 42.5. The minimum Gasteiger partial charge on any atom is -0.354 e. The lowest BCUT2D eigenvalue weighted by Gasteiger charge is -2.32. The molecule has 0 heterocycles. The number of carbonyl (C=O) groups excluding carboxylic acids is 2. The SMILES string of the molecule is Cc1ccc(S(=O)(=O)N(CC(=O)N(Cc2ccc(F)cc2)C(C)C(=O)NCC(C)C)c2cc(Cl)ccc2C)cc1. The Kier molecular flexibility index (Phi) is 10.3. The largest absolute Gasteiger partial charge is 0.354 e. The molecule has 0 aliphatic heterocycles. The maximum Gasteiger partial charge on any atom is 0.264 e. The number of sulfonamides is 1. The Morgan fingerprint density at radius 1 is 0.950 bits per heavy atom. The van der Waals surface area contributed by atoms with Crippen LogP contribution in [0, 0.1) is 25.6 Å². The monoisotopic (exact) mass is 587 g/mol. The van der Waals surface area contributed by atoms with Gasteiger partial charge in [-0.15, -0.1) is 0 Å². The second kappa shape index (κ2) is 13.3. The zero-order valence-corrected chi connectivity index (χ0v) is 24.9. The summed E-state index contributed by atoms with van der Waals surface area (Å²) in [7, 11) is -4.21. The molecule has 3 rings (SSSR count). The van der Waals surface area contributed by atoms with Crippen molar-refractivity contribution < 1.29 is 22.4 Å². The zero-order chi connectivity index (χ0) is 29.6. The molecule has 1 unspecified atom stereocenters. The summed E-state index contributed by atoms with van der Waals surface area (Å²) in [6.45, 7) is 8.87. The third-order valence-electron chi connectivity index (χ3n) is 6.45. The number of nitrogens with zero attached hydrogens (tertiary/aromatic N) is 2. The van der Waals surface area contributed by atoms with E-state index in [1.165, 1.54) is 47.4 Å². The Bertz CT molecular complexity index is 1440. The number of hydrogen-bond donors (Lipinski definition) is 1. The standard InChI is InChI=1S/C30H35ClFN3O4S/c1-20(2)17-33-30(37)23(5)34(18-24-9-12-26(32)13-10-24)29(36)19-35(28-16-25(31)11-8-22(28)4)40(38,39)27-14-6-21(3)7-15-27/h6-16,20,23H,17-19H2,1-5H3,(H,33,37). The molecule has 0 spiro atoms. The van der Waals surface area contributed by atoms with Gasteiger partial charge < -0.3 is 10.2 Å². The molecule has 7 nitrogen and oxygen atoms in total. The second-order valence-electron chi connectivity index (χ2n) is 10.2. The van der Waals surface area contributed by atoms with E-state index in [1.54, 1.807) is 38.1 Å². The average molecular weight is 588 g/mol. The number of hydrogen-bond acceptors (Lipinski definition) is 4. The first kappa shape index (κ1) is 31.1. The van der Waals surface area contributed by atoms with Gasteiger partial charge in [-0.2, -0.15) is 0 Å². The zero-order valence-electron chi connectivity index (χ0n) is 23.3. The normalized spacial score (nSPS) is 12.2. The van der Waals surface area contributed by atoms with Crippen LogP contribution < -0.4 is 9.62 Å². The molecule has 1 atom stereocenters. The van der Waals surface area contributed by atoms with Gasteiger partial charge in [-0.3, -0.25) is 13.9 Å². The van der Waals surface area contributed by atoms with Crippen molar-refractivity contribution >= 4 is 39.1 Å². The Labute approximate surface area is 241 Å². The second-order valence-corrected chi connectivity index (χ2v) is 12.5. The van der Waals surface area contributed by atoms with Gasteiger partial charge in [-0.1, -0.05) is 61.3 Å². The molecule has 0 saturated heterocycles. The smallest absolute Gasteiger partial charge is 0.264 e. The van der Waals surface area contributed by atoms with Crippen LogP contribution in [0.2, 0.25) is 5.02 Å². The number of aryl methyl sites for hydroxylation is 2. The fourth-order valence-electron chi connectivity index (χ4n) is 4.02. The maximum absolute atomic E-state index is 13.9. The van der Waals surface area contributed by atoms with Crippen LogP contribution in [-0.4, -0.2) is 44.3 Å². The summed E-state index contributed by atoms with van der Waals surface area (Å²) in [5, 5.41) is 3.14. The Hall–Kier alpha value is -3.43. The molecule has 0 aliphatic carbocycles. The Balaban J connectivity index is 2.05. The number of carbonyl (C=O) groups is 2. The summed E-state index contributed by atoms with van der Waals surface area (Å²) in [4.78, 5) is 28.3. The van der Waals surface area contributed by atoms with Crippen LogP contribution >= 0.6 is 11.6 Å². The van der Waals surface area contributed by atoms with Crippen molar-refractivity contribution in [2.75, 3.05) is 17.4 Å². The van der Waals surface area contributed by atoms with Crippen LogP contribution in [0.1, 0.15) is 37.5 Å². The van der Waals surface area contributed by atoms with Crippen molar-refractivity contribution in [3.05, 3.63) is 94.3 Å². The van der Waals surface area contributed by atoms with Gasteiger partial charge in [0.15, 0.2) is 0 Å². The fraction of sp³-hybridized carbons (Fsp3) is 0.333. The first-order valence-corrected chi connectivity index (χ1v) is 14.8. The van der Waals surface area contributed by atoms with Gasteiger partial charge in [-0.25, -0.2) is 12.8 Å². The minimum absolute atomic E-state index is 0.0121. The lowest BCUT2D eigenvalue weighted by molar-refractivity contribution is -0.139. The minimum atomic E-state index is -4.21. The van der Waals surface area contributed by atoms with E-state index in [1.807, 2.05) is 20.8 Å². The van der Waals surface area contributed by atoms with Crippen molar-refractivity contribution in [3.8, 4) is 0 Å². The lowest BCUT2D eigenvalue weighted by Crippen LogP contribution is -2.51. The molecule has 0 radical (unpaired) electrons. The predicted molar refractivity (Wildman–Crippen MR) is 156 cm³/mol. The third kappa shape index (κ3) is 7.82. The van der Waals surface area contributed by atoms with Gasteiger partial charge in [0, 0.05) is 18.1 Å². The van der Waals surface area contributed by atoms with Crippen LogP contribution in [0.4, 0.5) is 10.1 Å². The highest BCUT2D eigenvalue weighted by Crippen LogP contribution is 2.30. The molecular weight excluding hydrogens is 553 g/mol. The van der Waals surface area contributed by atoms with Crippen molar-refractivity contribution in [1.82, 2.24) is 10.2 Å². The average Bonchev–Trinajstić information content (AvgIpc) is 2.91. The molecule has 1 N–H and O–H groups in total. The molecule has 3 aromatic rings. The van der Waals surface area contributed by atoms with Crippen molar-refractivity contribution in [1.29, 1.82) is 0 Å². The van der Waals surface area contributed by atoms with Gasteiger partial charge >= 0.3 is 0 Å². The van der Waals surface area contributed by atoms with E-state index in [2.05, 4.69) is 5.32 Å². The van der Waals surface area contributed by atoms with E-state index in [0.717, 1.165) is 9.87 Å². The van der Waals surface area contributed by atoms with Gasteiger partial charge in [0.1, 0.15) is 18.4 Å². The van der Waals surface area contributed by atoms with Crippen LogP contribution in [-0.2, 0) is 26.2 Å². The molecule has 0 bridgehead atoms. The van der Waals surface area contributed by atoms with Crippen molar-refractivity contribution in [3.63, 3.8) is 0 Å². The number of anilines is 1. The molecule has 3 aromatic carbocycles. The highest BCUT2D eigenvalue weighted by atomic mass is 35.5. The van der Waals surface area contributed by atoms with Crippen LogP contribution in [0.15, 0.2) is 71.6 Å². The Morgan fingerprint density at radius 2 is 1.57 bits per heavy atom. The van der Waals surface area contributed by atoms with E-state index in [9.17, 15) is 22.4 Å². The summed E-state index contributed by atoms with van der Waals surface area (Å²) in [6.07, 6.45) is 0. The molecule has 40 heavy (non-hydrogen) atoms. The highest BCUT2D eigenvalue weighted by Gasteiger charge is 2.33. The van der Waals surface area contributed by atoms with Gasteiger partial charge in [-0.05, 0) is 74.2 Å².